The number of benzene rings is 1. The molecule has 10 heteroatoms. The van der Waals surface area contributed by atoms with Gasteiger partial charge >= 0.3 is 6.18 Å². The van der Waals surface area contributed by atoms with Gasteiger partial charge in [-0.25, -0.2) is 4.98 Å². The Kier molecular flexibility index (Phi) is 4.85. The minimum Gasteiger partial charge on any atom is -0.348 e. The van der Waals surface area contributed by atoms with Gasteiger partial charge in [0.1, 0.15) is 5.69 Å². The van der Waals surface area contributed by atoms with E-state index in [0.29, 0.717) is 29.0 Å². The minimum atomic E-state index is -4.52. The topological polar surface area (TPSA) is 77.6 Å². The molecule has 0 aliphatic heterocycles. The van der Waals surface area contributed by atoms with E-state index in [4.69, 9.17) is 0 Å². The van der Waals surface area contributed by atoms with E-state index < -0.39 is 11.9 Å². The maximum atomic E-state index is 12.9. The first-order valence-electron chi connectivity index (χ1n) is 10.00. The number of nitrogens with one attached hydrogen (secondary N) is 1. The summed E-state index contributed by atoms with van der Waals surface area (Å²) in [5, 5.41) is 8.89. The second-order valence-electron chi connectivity index (χ2n) is 7.54. The number of amides is 1. The fraction of sp³-hybridized carbons (Fsp3) is 0.130. The van der Waals surface area contributed by atoms with Crippen molar-refractivity contribution in [2.45, 2.75) is 12.7 Å². The third-order valence-electron chi connectivity index (χ3n) is 5.31. The van der Waals surface area contributed by atoms with Crippen molar-refractivity contribution in [2.24, 2.45) is 7.05 Å². The second-order valence-corrected chi connectivity index (χ2v) is 7.54. The summed E-state index contributed by atoms with van der Waals surface area (Å²) in [6, 6.07) is 11.1. The molecule has 5 aromatic rings. The number of aryl methyl sites for hydroxylation is 1. The highest BCUT2D eigenvalue weighted by Crippen LogP contribution is 2.33. The predicted octanol–water partition coefficient (Wildman–Crippen LogP) is 4.26. The number of pyridine rings is 2. The summed E-state index contributed by atoms with van der Waals surface area (Å²) in [7, 11) is 1.76. The molecule has 4 heterocycles. The molecular formula is C23H17F3N6O. The van der Waals surface area contributed by atoms with Gasteiger partial charge < -0.3 is 5.32 Å². The van der Waals surface area contributed by atoms with Crippen molar-refractivity contribution in [1.82, 2.24) is 29.6 Å². The maximum absolute atomic E-state index is 12.9. The Hall–Kier alpha value is -4.21. The van der Waals surface area contributed by atoms with Gasteiger partial charge in [-0.3, -0.25) is 19.0 Å². The summed E-state index contributed by atoms with van der Waals surface area (Å²) in [5.41, 5.74) is 2.13. The van der Waals surface area contributed by atoms with Crippen LogP contribution in [0.5, 0.6) is 0 Å². The van der Waals surface area contributed by atoms with Crippen molar-refractivity contribution in [2.75, 3.05) is 0 Å². The van der Waals surface area contributed by atoms with Crippen LogP contribution in [0, 0.1) is 0 Å². The molecule has 0 unspecified atom stereocenters. The molecule has 0 saturated heterocycles. The number of alkyl halides is 3. The minimum absolute atomic E-state index is 0.241. The Morgan fingerprint density at radius 2 is 1.85 bits per heavy atom. The third-order valence-corrected chi connectivity index (χ3v) is 5.31. The van der Waals surface area contributed by atoms with Gasteiger partial charge in [0.15, 0.2) is 5.65 Å². The zero-order chi connectivity index (χ0) is 23.2. The van der Waals surface area contributed by atoms with Gasteiger partial charge in [-0.2, -0.15) is 18.3 Å². The van der Waals surface area contributed by atoms with Gasteiger partial charge in [0.05, 0.1) is 17.4 Å². The summed E-state index contributed by atoms with van der Waals surface area (Å²) >= 11 is 0. The van der Waals surface area contributed by atoms with Gasteiger partial charge in [0.25, 0.3) is 5.91 Å². The average molecular weight is 450 g/mol. The van der Waals surface area contributed by atoms with E-state index in [2.05, 4.69) is 20.4 Å². The lowest BCUT2D eigenvalue weighted by molar-refractivity contribution is -0.141. The van der Waals surface area contributed by atoms with E-state index in [-0.39, 0.29) is 5.91 Å². The molecule has 166 valence electrons. The van der Waals surface area contributed by atoms with E-state index in [0.717, 1.165) is 22.4 Å². The largest absolute Gasteiger partial charge is 0.433 e. The summed E-state index contributed by atoms with van der Waals surface area (Å²) in [5.74, 6) is -0.241. The van der Waals surface area contributed by atoms with E-state index in [1.807, 2.05) is 18.3 Å². The van der Waals surface area contributed by atoms with E-state index >= 15 is 0 Å². The van der Waals surface area contributed by atoms with E-state index in [9.17, 15) is 18.0 Å². The van der Waals surface area contributed by atoms with Crippen LogP contribution in [0.3, 0.4) is 0 Å². The molecule has 0 bridgehead atoms. The fourth-order valence-corrected chi connectivity index (χ4v) is 3.77. The van der Waals surface area contributed by atoms with Crippen molar-refractivity contribution in [3.8, 4) is 5.69 Å². The monoisotopic (exact) mass is 450 g/mol. The zero-order valence-electron chi connectivity index (χ0n) is 17.3. The van der Waals surface area contributed by atoms with Crippen molar-refractivity contribution in [1.29, 1.82) is 0 Å². The number of carbonyl (C=O) groups excluding carboxylic acids is 1. The quantitative estimate of drug-likeness (QED) is 0.444. The average Bonchev–Trinajstić information content (AvgIpc) is 3.32. The van der Waals surface area contributed by atoms with Crippen molar-refractivity contribution >= 4 is 27.8 Å². The zero-order valence-corrected chi connectivity index (χ0v) is 17.3. The molecule has 0 aliphatic carbocycles. The molecule has 1 N–H and O–H groups in total. The highest BCUT2D eigenvalue weighted by Gasteiger charge is 2.32. The Labute approximate surface area is 185 Å². The lowest BCUT2D eigenvalue weighted by atomic mass is 10.1. The molecule has 1 amide bonds. The summed E-state index contributed by atoms with van der Waals surface area (Å²) < 4.78 is 42.2. The predicted molar refractivity (Wildman–Crippen MR) is 116 cm³/mol. The number of hydrogen-bond acceptors (Lipinski definition) is 4. The molecule has 5 rings (SSSR count). The number of carbonyl (C=O) groups is 1. The number of hydrogen-bond donors (Lipinski definition) is 1. The van der Waals surface area contributed by atoms with Crippen LogP contribution in [0.2, 0.25) is 0 Å². The van der Waals surface area contributed by atoms with Crippen LogP contribution in [0.25, 0.3) is 27.6 Å². The molecular weight excluding hydrogens is 433 g/mol. The van der Waals surface area contributed by atoms with Crippen LogP contribution in [-0.4, -0.2) is 30.2 Å². The second kappa shape index (κ2) is 7.73. The fourth-order valence-electron chi connectivity index (χ4n) is 3.77. The Bertz CT molecular complexity index is 1470. The highest BCUT2D eigenvalue weighted by atomic mass is 19.4. The van der Waals surface area contributed by atoms with Gasteiger partial charge in [-0.15, -0.1) is 0 Å². The number of fused-ring (bicyclic) bond motifs is 3. The lowest BCUT2D eigenvalue weighted by Crippen LogP contribution is -2.22. The molecule has 33 heavy (non-hydrogen) atoms. The van der Waals surface area contributed by atoms with Gasteiger partial charge in [0, 0.05) is 48.5 Å². The van der Waals surface area contributed by atoms with Crippen LogP contribution in [0.4, 0.5) is 13.2 Å². The number of nitrogens with zero attached hydrogens (tertiary/aromatic N) is 5. The third kappa shape index (κ3) is 3.79. The maximum Gasteiger partial charge on any atom is 0.433 e. The number of halogens is 3. The smallest absolute Gasteiger partial charge is 0.348 e. The van der Waals surface area contributed by atoms with Crippen LogP contribution < -0.4 is 5.32 Å². The van der Waals surface area contributed by atoms with E-state index in [1.165, 1.54) is 12.3 Å². The Morgan fingerprint density at radius 3 is 2.55 bits per heavy atom. The van der Waals surface area contributed by atoms with Gasteiger partial charge in [-0.05, 0) is 48.0 Å². The lowest BCUT2D eigenvalue weighted by Gasteiger charge is -2.10. The van der Waals surface area contributed by atoms with Crippen molar-refractivity contribution in [3.05, 3.63) is 84.1 Å². The van der Waals surface area contributed by atoms with Crippen LogP contribution in [0.1, 0.15) is 21.6 Å². The summed E-state index contributed by atoms with van der Waals surface area (Å²) in [4.78, 5) is 20.3. The first-order chi connectivity index (χ1) is 15.8. The molecule has 0 spiro atoms. The van der Waals surface area contributed by atoms with Crippen LogP contribution in [-0.2, 0) is 19.8 Å². The molecule has 0 saturated carbocycles. The number of rotatable bonds is 4. The summed E-state index contributed by atoms with van der Waals surface area (Å²) in [6.07, 6.45) is 1.78. The molecule has 4 aromatic heterocycles. The molecule has 0 aliphatic rings. The Balaban J connectivity index is 1.55. The molecule has 0 radical (unpaired) electrons. The Morgan fingerprint density at radius 1 is 1.06 bits per heavy atom. The first-order valence-corrected chi connectivity index (χ1v) is 10.00. The molecule has 7 nitrogen and oxygen atoms in total. The summed E-state index contributed by atoms with van der Waals surface area (Å²) in [6.45, 7) is 0.361. The van der Waals surface area contributed by atoms with E-state index in [1.54, 1.807) is 46.9 Å². The van der Waals surface area contributed by atoms with Gasteiger partial charge in [0.2, 0.25) is 0 Å². The van der Waals surface area contributed by atoms with Gasteiger partial charge in [-0.1, -0.05) is 0 Å². The molecule has 1 aromatic carbocycles. The van der Waals surface area contributed by atoms with Crippen LogP contribution in [0.15, 0.2) is 67.3 Å². The standard InChI is InChI=1S/C23H17F3N6O/c1-31-13-18-17-10-15(22(33)29-11-14-6-8-27-9-7-14)2-4-19(17)32(21(18)30-31)16-3-5-20(28-12-16)23(24,25)26/h2-10,12-13H,11H2,1H3,(H,29,33). The number of aromatic nitrogens is 5. The SMILES string of the molecule is Cn1cc2c3cc(C(=O)NCc4ccncc4)ccc3n(-c3ccc(C(F)(F)F)nc3)c2n1. The molecule has 0 fully saturated rings. The normalized spacial score (nSPS) is 11.9. The first kappa shape index (κ1) is 20.7. The van der Waals surface area contributed by atoms with Crippen molar-refractivity contribution < 1.29 is 18.0 Å². The van der Waals surface area contributed by atoms with Crippen LogP contribution >= 0.6 is 0 Å². The molecule has 0 atom stereocenters. The highest BCUT2D eigenvalue weighted by molar-refractivity contribution is 6.10. The van der Waals surface area contributed by atoms with Crippen molar-refractivity contribution in [3.63, 3.8) is 0 Å².